The summed E-state index contributed by atoms with van der Waals surface area (Å²) in [6.45, 7) is 1.27. The van der Waals surface area contributed by atoms with Gasteiger partial charge in [-0.1, -0.05) is 30.3 Å². The summed E-state index contributed by atoms with van der Waals surface area (Å²) in [5, 5.41) is 16.6. The number of carboxylic acids is 1. The Morgan fingerprint density at radius 3 is 2.50 bits per heavy atom. The van der Waals surface area contributed by atoms with Crippen LogP contribution in [0, 0.1) is 0 Å². The van der Waals surface area contributed by atoms with Crippen molar-refractivity contribution in [3.63, 3.8) is 0 Å². The number of fused-ring (bicyclic) bond motifs is 2. The monoisotopic (exact) mass is 406 g/mol. The van der Waals surface area contributed by atoms with E-state index in [0.717, 1.165) is 4.68 Å². The van der Waals surface area contributed by atoms with Gasteiger partial charge in [-0.2, -0.15) is 5.10 Å². The second-order valence-electron chi connectivity index (χ2n) is 7.04. The lowest BCUT2D eigenvalue weighted by Crippen LogP contribution is -2.43. The number of nitrogens with one attached hydrogen (secondary N) is 1. The van der Waals surface area contributed by atoms with Crippen LogP contribution in [-0.4, -0.2) is 38.7 Å². The SMILES string of the molecule is C[C@@H]1CC(=O)Nc2ccccc2N1C(=O)Cn1nc(C(=O)O)c2ccccc2c1=O. The van der Waals surface area contributed by atoms with E-state index in [4.69, 9.17) is 0 Å². The molecule has 0 saturated heterocycles. The van der Waals surface area contributed by atoms with Crippen LogP contribution in [0.4, 0.5) is 11.4 Å². The number of aromatic nitrogens is 2. The van der Waals surface area contributed by atoms with Crippen molar-refractivity contribution in [3.8, 4) is 0 Å². The summed E-state index contributed by atoms with van der Waals surface area (Å²) in [5.41, 5.74) is 0.131. The van der Waals surface area contributed by atoms with E-state index in [1.54, 1.807) is 43.3 Å². The van der Waals surface area contributed by atoms with Crippen LogP contribution >= 0.6 is 0 Å². The maximum Gasteiger partial charge on any atom is 0.357 e. The first-order valence-electron chi connectivity index (χ1n) is 9.31. The summed E-state index contributed by atoms with van der Waals surface area (Å²) in [5.74, 6) is -2.00. The molecule has 1 aromatic heterocycles. The van der Waals surface area contributed by atoms with Gasteiger partial charge < -0.3 is 15.3 Å². The molecule has 9 nitrogen and oxygen atoms in total. The number of benzene rings is 2. The lowest BCUT2D eigenvalue weighted by atomic mass is 10.1. The number of carboxylic acid groups (broad SMARTS) is 1. The minimum absolute atomic E-state index is 0.0842. The van der Waals surface area contributed by atoms with Crippen LogP contribution in [0.25, 0.3) is 10.8 Å². The highest BCUT2D eigenvalue weighted by Crippen LogP contribution is 2.31. The average Bonchev–Trinajstić information content (AvgIpc) is 2.84. The number of aromatic carboxylic acids is 1. The fourth-order valence-corrected chi connectivity index (χ4v) is 3.67. The molecule has 0 unspecified atom stereocenters. The largest absolute Gasteiger partial charge is 0.476 e. The highest BCUT2D eigenvalue weighted by atomic mass is 16.4. The maximum absolute atomic E-state index is 13.2. The molecule has 0 spiro atoms. The van der Waals surface area contributed by atoms with Gasteiger partial charge in [0, 0.05) is 17.8 Å². The molecule has 0 radical (unpaired) electrons. The summed E-state index contributed by atoms with van der Waals surface area (Å²) in [6.07, 6.45) is 0.0842. The van der Waals surface area contributed by atoms with Crippen molar-refractivity contribution in [1.29, 1.82) is 0 Å². The Morgan fingerprint density at radius 1 is 1.10 bits per heavy atom. The van der Waals surface area contributed by atoms with Crippen LogP contribution in [-0.2, 0) is 16.1 Å². The van der Waals surface area contributed by atoms with Crippen LogP contribution in [0.2, 0.25) is 0 Å². The van der Waals surface area contributed by atoms with Gasteiger partial charge in [0.2, 0.25) is 11.8 Å². The smallest absolute Gasteiger partial charge is 0.357 e. The number of hydrogen-bond donors (Lipinski definition) is 2. The highest BCUT2D eigenvalue weighted by Gasteiger charge is 2.30. The summed E-state index contributed by atoms with van der Waals surface area (Å²) in [6, 6.07) is 12.7. The van der Waals surface area contributed by atoms with Gasteiger partial charge in [-0.25, -0.2) is 9.48 Å². The molecule has 1 aliphatic rings. The van der Waals surface area contributed by atoms with Crippen LogP contribution < -0.4 is 15.8 Å². The van der Waals surface area contributed by atoms with Crippen molar-refractivity contribution >= 4 is 39.9 Å². The Kier molecular flexibility index (Phi) is 4.78. The van der Waals surface area contributed by atoms with E-state index in [2.05, 4.69) is 10.4 Å². The Bertz CT molecular complexity index is 1250. The molecule has 30 heavy (non-hydrogen) atoms. The number of hydrogen-bond acceptors (Lipinski definition) is 5. The van der Waals surface area contributed by atoms with E-state index < -0.39 is 30.0 Å². The first kappa shape index (κ1) is 19.3. The highest BCUT2D eigenvalue weighted by molar-refractivity contribution is 6.04. The Balaban J connectivity index is 1.78. The summed E-state index contributed by atoms with van der Waals surface area (Å²) in [4.78, 5) is 51.3. The molecule has 0 saturated carbocycles. The molecule has 0 bridgehead atoms. The number of para-hydroxylation sites is 2. The van der Waals surface area contributed by atoms with Crippen molar-refractivity contribution < 1.29 is 19.5 Å². The lowest BCUT2D eigenvalue weighted by Gasteiger charge is -2.28. The molecule has 1 atom stereocenters. The van der Waals surface area contributed by atoms with Crippen molar-refractivity contribution in [2.24, 2.45) is 0 Å². The molecule has 0 aliphatic carbocycles. The molecule has 2 heterocycles. The van der Waals surface area contributed by atoms with Crippen LogP contribution in [0.1, 0.15) is 23.8 Å². The third kappa shape index (κ3) is 3.30. The molecule has 9 heteroatoms. The van der Waals surface area contributed by atoms with Crippen LogP contribution in [0.3, 0.4) is 0 Å². The summed E-state index contributed by atoms with van der Waals surface area (Å²) < 4.78 is 0.865. The molecule has 3 aromatic rings. The van der Waals surface area contributed by atoms with E-state index >= 15 is 0 Å². The molecular weight excluding hydrogens is 388 g/mol. The second-order valence-corrected chi connectivity index (χ2v) is 7.04. The minimum Gasteiger partial charge on any atom is -0.476 e. The van der Waals surface area contributed by atoms with Gasteiger partial charge in [-0.05, 0) is 25.1 Å². The third-order valence-electron chi connectivity index (χ3n) is 4.98. The first-order valence-corrected chi connectivity index (χ1v) is 9.31. The van der Waals surface area contributed by atoms with Gasteiger partial charge in [0.1, 0.15) is 6.54 Å². The van der Waals surface area contributed by atoms with Crippen molar-refractivity contribution in [3.05, 3.63) is 64.6 Å². The fourth-order valence-electron chi connectivity index (χ4n) is 3.67. The third-order valence-corrected chi connectivity index (χ3v) is 4.98. The molecule has 4 rings (SSSR count). The van der Waals surface area contributed by atoms with Gasteiger partial charge in [-0.3, -0.25) is 14.4 Å². The number of carbonyl (C=O) groups excluding carboxylic acids is 2. The zero-order chi connectivity index (χ0) is 21.4. The van der Waals surface area contributed by atoms with Gasteiger partial charge in [-0.15, -0.1) is 0 Å². The van der Waals surface area contributed by atoms with Crippen molar-refractivity contribution in [2.75, 3.05) is 10.2 Å². The predicted octanol–water partition coefficient (Wildman–Crippen LogP) is 1.86. The predicted molar refractivity (Wildman–Crippen MR) is 110 cm³/mol. The summed E-state index contributed by atoms with van der Waals surface area (Å²) in [7, 11) is 0. The average molecular weight is 406 g/mol. The van der Waals surface area contributed by atoms with Crippen LogP contribution in [0.15, 0.2) is 53.3 Å². The maximum atomic E-state index is 13.2. The zero-order valence-electron chi connectivity index (χ0n) is 16.0. The van der Waals surface area contributed by atoms with Gasteiger partial charge in [0.25, 0.3) is 5.56 Å². The van der Waals surface area contributed by atoms with E-state index in [9.17, 15) is 24.3 Å². The number of carbonyl (C=O) groups is 3. The van der Waals surface area contributed by atoms with Gasteiger partial charge in [0.15, 0.2) is 5.69 Å². The van der Waals surface area contributed by atoms with E-state index in [1.165, 1.54) is 17.0 Å². The standard InChI is InChI=1S/C21H18N4O5/c1-12-10-17(26)22-15-8-4-5-9-16(15)25(12)18(27)11-24-20(28)14-7-3-2-6-13(14)19(23-24)21(29)30/h2-9,12H,10-11H2,1H3,(H,22,26)(H,29,30)/t12-/m1/s1. The van der Waals surface area contributed by atoms with Gasteiger partial charge >= 0.3 is 5.97 Å². The molecule has 152 valence electrons. The number of rotatable bonds is 3. The second kappa shape index (κ2) is 7.43. The normalized spacial score (nSPS) is 16.0. The van der Waals surface area contributed by atoms with Gasteiger partial charge in [0.05, 0.1) is 16.8 Å². The van der Waals surface area contributed by atoms with Crippen molar-refractivity contribution in [1.82, 2.24) is 9.78 Å². The topological polar surface area (TPSA) is 122 Å². The Morgan fingerprint density at radius 2 is 1.77 bits per heavy atom. The zero-order valence-corrected chi connectivity index (χ0v) is 16.0. The fraction of sp³-hybridized carbons (Fsp3) is 0.190. The van der Waals surface area contributed by atoms with E-state index in [-0.39, 0.29) is 28.8 Å². The molecule has 0 fully saturated rings. The Labute approximate surface area is 170 Å². The molecule has 2 amide bonds. The molecular formula is C21H18N4O5. The molecule has 2 aromatic carbocycles. The molecule has 2 N–H and O–H groups in total. The quantitative estimate of drug-likeness (QED) is 0.685. The minimum atomic E-state index is -1.30. The van der Waals surface area contributed by atoms with E-state index in [0.29, 0.717) is 11.4 Å². The van der Waals surface area contributed by atoms with Crippen molar-refractivity contribution in [2.45, 2.75) is 25.9 Å². The first-order chi connectivity index (χ1) is 14.4. The number of anilines is 2. The number of amides is 2. The van der Waals surface area contributed by atoms with Crippen LogP contribution in [0.5, 0.6) is 0 Å². The van der Waals surface area contributed by atoms with E-state index in [1.807, 2.05) is 0 Å². The molecule has 1 aliphatic heterocycles. The summed E-state index contributed by atoms with van der Waals surface area (Å²) >= 11 is 0. The number of nitrogens with zero attached hydrogens (tertiary/aromatic N) is 3. The Hall–Kier alpha value is -4.01. The lowest BCUT2D eigenvalue weighted by molar-refractivity contribution is -0.120.